The Morgan fingerprint density at radius 2 is 1.95 bits per heavy atom. The van der Waals surface area contributed by atoms with E-state index in [1.165, 1.54) is 20.3 Å². The summed E-state index contributed by atoms with van der Waals surface area (Å²) in [5.74, 6) is 0. The zero-order valence-corrected chi connectivity index (χ0v) is 14.3. The second kappa shape index (κ2) is 6.57. The van der Waals surface area contributed by atoms with Crippen molar-refractivity contribution >= 4 is 45.3 Å². The summed E-state index contributed by atoms with van der Waals surface area (Å²) in [6.45, 7) is 0. The van der Waals surface area contributed by atoms with Crippen molar-refractivity contribution in [3.8, 4) is 0 Å². The van der Waals surface area contributed by atoms with Gasteiger partial charge in [0.05, 0.1) is 0 Å². The van der Waals surface area contributed by atoms with Crippen LogP contribution in [0.3, 0.4) is 0 Å². The Bertz CT molecular complexity index is 836. The molecular weight excluding hydrogens is 349 g/mol. The maximum atomic E-state index is 12.2. The molecule has 0 spiro atoms. The maximum absolute atomic E-state index is 12.2. The van der Waals surface area contributed by atoms with E-state index in [1.54, 1.807) is 18.2 Å². The SMILES string of the molecule is COP(=O)(CNS(=O)(=O)c1cc2cc(C=O)ccc2s1)OC. The van der Waals surface area contributed by atoms with Gasteiger partial charge in [-0.1, -0.05) is 6.07 Å². The molecule has 0 radical (unpaired) electrons. The number of hydrogen-bond acceptors (Lipinski definition) is 7. The lowest BCUT2D eigenvalue weighted by atomic mass is 10.2. The highest BCUT2D eigenvalue weighted by molar-refractivity contribution is 7.92. The average Bonchev–Trinajstić information content (AvgIpc) is 2.96. The van der Waals surface area contributed by atoms with Crippen molar-refractivity contribution in [1.29, 1.82) is 0 Å². The fourth-order valence-corrected chi connectivity index (χ4v) is 5.49. The molecular formula is C12H14NO6PS2. The van der Waals surface area contributed by atoms with Gasteiger partial charge in [0.15, 0.2) is 0 Å². The van der Waals surface area contributed by atoms with Gasteiger partial charge in [-0.05, 0) is 23.6 Å². The van der Waals surface area contributed by atoms with E-state index in [-0.39, 0.29) is 4.21 Å². The smallest absolute Gasteiger partial charge is 0.311 e. The first-order valence-corrected chi connectivity index (χ1v) is 10.1. The normalized spacial score (nSPS) is 12.6. The summed E-state index contributed by atoms with van der Waals surface area (Å²) < 4.78 is 48.7. The third-order valence-electron chi connectivity index (χ3n) is 2.92. The van der Waals surface area contributed by atoms with Gasteiger partial charge >= 0.3 is 7.60 Å². The van der Waals surface area contributed by atoms with Crippen LogP contribution in [-0.2, 0) is 23.6 Å². The van der Waals surface area contributed by atoms with Crippen molar-refractivity contribution < 1.29 is 26.8 Å². The van der Waals surface area contributed by atoms with Crippen LogP contribution in [0.4, 0.5) is 0 Å². The van der Waals surface area contributed by atoms with Crippen LogP contribution >= 0.6 is 18.9 Å². The fourth-order valence-electron chi connectivity index (χ4n) is 1.68. The molecule has 10 heteroatoms. The molecule has 7 nitrogen and oxygen atoms in total. The highest BCUT2D eigenvalue weighted by Gasteiger charge is 2.26. The highest BCUT2D eigenvalue weighted by atomic mass is 32.2. The molecule has 0 unspecified atom stereocenters. The van der Waals surface area contributed by atoms with E-state index < -0.39 is 23.9 Å². The summed E-state index contributed by atoms with van der Waals surface area (Å²) in [7, 11) is -4.97. The second-order valence-electron chi connectivity index (χ2n) is 4.26. The van der Waals surface area contributed by atoms with Crippen molar-refractivity contribution in [3.05, 3.63) is 29.8 Å². The largest absolute Gasteiger partial charge is 0.344 e. The number of benzene rings is 1. The van der Waals surface area contributed by atoms with Gasteiger partial charge in [0.2, 0.25) is 0 Å². The van der Waals surface area contributed by atoms with E-state index in [9.17, 15) is 17.8 Å². The van der Waals surface area contributed by atoms with Crippen molar-refractivity contribution in [2.75, 3.05) is 20.5 Å². The Kier molecular flexibility index (Phi) is 5.16. The molecule has 22 heavy (non-hydrogen) atoms. The van der Waals surface area contributed by atoms with Gasteiger partial charge in [0.25, 0.3) is 10.0 Å². The van der Waals surface area contributed by atoms with Crippen LogP contribution in [0.1, 0.15) is 10.4 Å². The van der Waals surface area contributed by atoms with Gasteiger partial charge in [0.1, 0.15) is 16.8 Å². The number of carbonyl (C=O) groups is 1. The van der Waals surface area contributed by atoms with E-state index in [2.05, 4.69) is 13.8 Å². The number of carbonyl (C=O) groups excluding carboxylic acids is 1. The quantitative estimate of drug-likeness (QED) is 0.599. The zero-order chi connectivity index (χ0) is 16.4. The van der Waals surface area contributed by atoms with Crippen molar-refractivity contribution in [2.24, 2.45) is 0 Å². The number of nitrogens with one attached hydrogen (secondary N) is 1. The van der Waals surface area contributed by atoms with Crippen molar-refractivity contribution in [2.45, 2.75) is 4.21 Å². The van der Waals surface area contributed by atoms with E-state index in [0.29, 0.717) is 17.2 Å². The van der Waals surface area contributed by atoms with Crippen molar-refractivity contribution in [1.82, 2.24) is 4.72 Å². The fraction of sp³-hybridized carbons (Fsp3) is 0.250. The van der Waals surface area contributed by atoms with Gasteiger partial charge in [-0.25, -0.2) is 8.42 Å². The molecule has 1 aromatic heterocycles. The molecule has 1 heterocycles. The minimum atomic E-state index is -3.85. The van der Waals surface area contributed by atoms with Crippen LogP contribution in [-0.4, -0.2) is 35.2 Å². The predicted octanol–water partition coefficient (Wildman–Crippen LogP) is 2.44. The van der Waals surface area contributed by atoms with Crippen LogP contribution in [0.5, 0.6) is 0 Å². The molecule has 0 aliphatic heterocycles. The predicted molar refractivity (Wildman–Crippen MR) is 84.0 cm³/mol. The van der Waals surface area contributed by atoms with Crippen LogP contribution in [0.25, 0.3) is 10.1 Å². The molecule has 0 saturated carbocycles. The molecule has 0 atom stereocenters. The third kappa shape index (κ3) is 3.62. The van der Waals surface area contributed by atoms with Gasteiger partial charge in [-0.2, -0.15) is 4.72 Å². The molecule has 2 aromatic rings. The van der Waals surface area contributed by atoms with Gasteiger partial charge in [-0.3, -0.25) is 9.36 Å². The van der Waals surface area contributed by atoms with Crippen LogP contribution < -0.4 is 4.72 Å². The molecule has 0 amide bonds. The lowest BCUT2D eigenvalue weighted by molar-refractivity contribution is 0.112. The Balaban J connectivity index is 2.29. The summed E-state index contributed by atoms with van der Waals surface area (Å²) in [4.78, 5) is 10.7. The summed E-state index contributed by atoms with van der Waals surface area (Å²) in [5, 5.41) is 0.650. The minimum Gasteiger partial charge on any atom is -0.311 e. The Hall–Kier alpha value is -1.09. The molecule has 0 saturated heterocycles. The number of rotatable bonds is 7. The summed E-state index contributed by atoms with van der Waals surface area (Å²) in [5.41, 5.74) is 0.463. The van der Waals surface area contributed by atoms with Crippen LogP contribution in [0.2, 0.25) is 0 Å². The molecule has 2 rings (SSSR count). The maximum Gasteiger partial charge on any atom is 0.344 e. The van der Waals surface area contributed by atoms with Gasteiger partial charge < -0.3 is 9.05 Å². The molecule has 0 bridgehead atoms. The third-order valence-corrected chi connectivity index (χ3v) is 7.79. The number of thiophene rings is 1. The number of sulfonamides is 1. The number of aldehydes is 1. The number of hydrogen-bond donors (Lipinski definition) is 1. The molecule has 0 aliphatic rings. The summed E-state index contributed by atoms with van der Waals surface area (Å²) >= 11 is 1.05. The summed E-state index contributed by atoms with van der Waals surface area (Å²) in [6, 6.07) is 6.35. The van der Waals surface area contributed by atoms with E-state index in [0.717, 1.165) is 16.0 Å². The monoisotopic (exact) mass is 363 g/mol. The minimum absolute atomic E-state index is 0.0595. The standard InChI is InChI=1S/C12H14NO6PS2/c1-18-20(15,19-2)8-13-22(16,17)12-6-10-5-9(7-14)3-4-11(10)21-12/h3-7,13H,8H2,1-2H3. The van der Waals surface area contributed by atoms with E-state index in [4.69, 9.17) is 0 Å². The topological polar surface area (TPSA) is 98.8 Å². The lowest BCUT2D eigenvalue weighted by Crippen LogP contribution is -2.24. The Morgan fingerprint density at radius 1 is 1.27 bits per heavy atom. The average molecular weight is 363 g/mol. The number of fused-ring (bicyclic) bond motifs is 1. The Labute approximate surface area is 131 Å². The zero-order valence-electron chi connectivity index (χ0n) is 11.8. The van der Waals surface area contributed by atoms with Gasteiger partial charge in [-0.15, -0.1) is 11.3 Å². The Morgan fingerprint density at radius 3 is 2.55 bits per heavy atom. The van der Waals surface area contributed by atoms with Crippen molar-refractivity contribution in [3.63, 3.8) is 0 Å². The molecule has 1 aromatic carbocycles. The molecule has 1 N–H and O–H groups in total. The molecule has 120 valence electrons. The van der Waals surface area contributed by atoms with Crippen LogP contribution in [0.15, 0.2) is 28.5 Å². The molecule has 0 aliphatic carbocycles. The first-order chi connectivity index (χ1) is 10.3. The lowest BCUT2D eigenvalue weighted by Gasteiger charge is -2.13. The highest BCUT2D eigenvalue weighted by Crippen LogP contribution is 2.45. The van der Waals surface area contributed by atoms with Gasteiger partial charge in [0, 0.05) is 24.5 Å². The molecule has 0 fully saturated rings. The van der Waals surface area contributed by atoms with Crippen LogP contribution in [0, 0.1) is 0 Å². The second-order valence-corrected chi connectivity index (χ2v) is 9.61. The summed E-state index contributed by atoms with van der Waals surface area (Å²) in [6.07, 6.45) is 0.229. The first kappa shape index (κ1) is 17.3. The first-order valence-electron chi connectivity index (χ1n) is 6.02. The van der Waals surface area contributed by atoms with E-state index >= 15 is 0 Å². The van der Waals surface area contributed by atoms with E-state index in [1.807, 2.05) is 0 Å².